The van der Waals surface area contributed by atoms with Gasteiger partial charge in [-0.15, -0.1) is 0 Å². The summed E-state index contributed by atoms with van der Waals surface area (Å²) in [5.41, 5.74) is 0. The second-order valence-electron chi connectivity index (χ2n) is 2.29. The van der Waals surface area contributed by atoms with Gasteiger partial charge in [0.1, 0.15) is 0 Å². The summed E-state index contributed by atoms with van der Waals surface area (Å²) in [4.78, 5) is 0. The van der Waals surface area contributed by atoms with Crippen molar-refractivity contribution in [2.45, 2.75) is 25.2 Å². The predicted octanol–water partition coefficient (Wildman–Crippen LogP) is 2.26. The fraction of sp³-hybridized carbons (Fsp3) is 0.833. The molecule has 1 rings (SSSR count). The molecule has 0 heterocycles. The third-order valence-corrected chi connectivity index (χ3v) is 1.77. The Morgan fingerprint density at radius 3 is 2.25 bits per heavy atom. The van der Waals surface area contributed by atoms with Gasteiger partial charge in [-0.1, -0.05) is 6.92 Å². The fourth-order valence-electron chi connectivity index (χ4n) is 0.922. The van der Waals surface area contributed by atoms with E-state index in [4.69, 9.17) is 0 Å². The topological polar surface area (TPSA) is 0 Å². The van der Waals surface area contributed by atoms with E-state index in [1.807, 2.05) is 0 Å². The Morgan fingerprint density at radius 1 is 1.62 bits per heavy atom. The van der Waals surface area contributed by atoms with Gasteiger partial charge in [0.2, 0.25) is 0 Å². The van der Waals surface area contributed by atoms with Crippen molar-refractivity contribution in [3.05, 3.63) is 6.92 Å². The largest absolute Gasteiger partial charge is 0.250 e. The highest BCUT2D eigenvalue weighted by Gasteiger charge is 2.46. The van der Waals surface area contributed by atoms with Crippen LogP contribution in [0, 0.1) is 12.8 Å². The SMILES string of the molecule is [CH2]CC1CCC1(F)F. The zero-order valence-electron chi connectivity index (χ0n) is 4.66. The van der Waals surface area contributed by atoms with Gasteiger partial charge in [0.05, 0.1) is 0 Å². The lowest BCUT2D eigenvalue weighted by Gasteiger charge is -2.35. The average Bonchev–Trinajstić information content (AvgIpc) is 1.66. The Bertz CT molecular complexity index is 86.5. The van der Waals surface area contributed by atoms with Gasteiger partial charge in [0.25, 0.3) is 5.92 Å². The molecule has 1 atom stereocenters. The van der Waals surface area contributed by atoms with Crippen LogP contribution in [0.15, 0.2) is 0 Å². The van der Waals surface area contributed by atoms with Gasteiger partial charge >= 0.3 is 0 Å². The maximum Gasteiger partial charge on any atom is 0.250 e. The first kappa shape index (κ1) is 5.99. The van der Waals surface area contributed by atoms with Gasteiger partial charge in [-0.25, -0.2) is 8.78 Å². The van der Waals surface area contributed by atoms with E-state index in [2.05, 4.69) is 6.92 Å². The number of alkyl halides is 2. The molecule has 1 saturated carbocycles. The van der Waals surface area contributed by atoms with Gasteiger partial charge in [0.15, 0.2) is 0 Å². The molecular formula is C6H9F2. The lowest BCUT2D eigenvalue weighted by Crippen LogP contribution is -2.37. The van der Waals surface area contributed by atoms with Gasteiger partial charge in [0, 0.05) is 12.3 Å². The lowest BCUT2D eigenvalue weighted by molar-refractivity contribution is -0.130. The molecular weight excluding hydrogens is 110 g/mol. The Morgan fingerprint density at radius 2 is 2.25 bits per heavy atom. The van der Waals surface area contributed by atoms with E-state index in [9.17, 15) is 8.78 Å². The van der Waals surface area contributed by atoms with Crippen LogP contribution in [0.25, 0.3) is 0 Å². The van der Waals surface area contributed by atoms with Gasteiger partial charge in [-0.2, -0.15) is 0 Å². The van der Waals surface area contributed by atoms with Gasteiger partial charge in [-0.05, 0) is 12.8 Å². The molecule has 0 nitrogen and oxygen atoms in total. The van der Waals surface area contributed by atoms with E-state index in [-0.39, 0.29) is 6.42 Å². The zero-order chi connectivity index (χ0) is 6.20. The second-order valence-corrected chi connectivity index (χ2v) is 2.29. The first-order valence-electron chi connectivity index (χ1n) is 2.84. The standard InChI is InChI=1S/C6H9F2/c1-2-5-3-4-6(5,7)8/h5H,1-4H2. The van der Waals surface area contributed by atoms with Crippen LogP contribution in [0.2, 0.25) is 0 Å². The molecule has 0 amide bonds. The van der Waals surface area contributed by atoms with Crippen molar-refractivity contribution in [1.82, 2.24) is 0 Å². The van der Waals surface area contributed by atoms with E-state index in [0.717, 1.165) is 0 Å². The maximum absolute atomic E-state index is 12.2. The van der Waals surface area contributed by atoms with E-state index < -0.39 is 11.8 Å². The van der Waals surface area contributed by atoms with Gasteiger partial charge in [-0.3, -0.25) is 0 Å². The summed E-state index contributed by atoms with van der Waals surface area (Å²) in [7, 11) is 0. The molecule has 0 saturated heterocycles. The number of halogens is 2. The van der Waals surface area contributed by atoms with E-state index in [1.165, 1.54) is 0 Å². The minimum Gasteiger partial charge on any atom is -0.207 e. The van der Waals surface area contributed by atoms with Gasteiger partial charge < -0.3 is 0 Å². The van der Waals surface area contributed by atoms with Crippen molar-refractivity contribution in [3.63, 3.8) is 0 Å². The highest BCUT2D eigenvalue weighted by molar-refractivity contribution is 4.87. The second kappa shape index (κ2) is 1.67. The van der Waals surface area contributed by atoms with Crippen LogP contribution in [-0.4, -0.2) is 5.92 Å². The Hall–Kier alpha value is -0.140. The van der Waals surface area contributed by atoms with Crippen molar-refractivity contribution in [2.24, 2.45) is 5.92 Å². The molecule has 0 spiro atoms. The first-order valence-corrected chi connectivity index (χ1v) is 2.84. The molecule has 0 aromatic heterocycles. The summed E-state index contributed by atoms with van der Waals surface area (Å²) >= 11 is 0. The van der Waals surface area contributed by atoms with Crippen molar-refractivity contribution < 1.29 is 8.78 Å². The van der Waals surface area contributed by atoms with Crippen LogP contribution < -0.4 is 0 Å². The molecule has 0 bridgehead atoms. The van der Waals surface area contributed by atoms with E-state index in [1.54, 1.807) is 0 Å². The summed E-state index contributed by atoms with van der Waals surface area (Å²) in [6.45, 7) is 3.42. The molecule has 0 aromatic rings. The van der Waals surface area contributed by atoms with E-state index in [0.29, 0.717) is 12.8 Å². The summed E-state index contributed by atoms with van der Waals surface area (Å²) in [6.07, 6.45) is 1.12. The number of rotatable bonds is 1. The van der Waals surface area contributed by atoms with Crippen molar-refractivity contribution in [3.8, 4) is 0 Å². The molecule has 2 heteroatoms. The molecule has 0 aromatic carbocycles. The Labute approximate surface area is 47.9 Å². The Kier molecular flexibility index (Phi) is 1.25. The van der Waals surface area contributed by atoms with Crippen LogP contribution in [0.3, 0.4) is 0 Å². The minimum atomic E-state index is -2.37. The third-order valence-electron chi connectivity index (χ3n) is 1.77. The smallest absolute Gasteiger partial charge is 0.207 e. The summed E-state index contributed by atoms with van der Waals surface area (Å²) in [6, 6.07) is 0. The Balaban J connectivity index is 2.37. The molecule has 1 fully saturated rings. The van der Waals surface area contributed by atoms with Crippen molar-refractivity contribution >= 4 is 0 Å². The summed E-state index contributed by atoms with van der Waals surface area (Å²) in [5.74, 6) is -2.79. The number of hydrogen-bond acceptors (Lipinski definition) is 0. The molecule has 0 N–H and O–H groups in total. The van der Waals surface area contributed by atoms with Crippen LogP contribution in [-0.2, 0) is 0 Å². The zero-order valence-corrected chi connectivity index (χ0v) is 4.66. The lowest BCUT2D eigenvalue weighted by atomic mass is 9.79. The normalized spacial score (nSPS) is 34.1. The third kappa shape index (κ3) is 0.721. The van der Waals surface area contributed by atoms with Crippen molar-refractivity contribution in [2.75, 3.05) is 0 Å². The quantitative estimate of drug-likeness (QED) is 0.496. The van der Waals surface area contributed by atoms with Crippen LogP contribution >= 0.6 is 0 Å². The van der Waals surface area contributed by atoms with Crippen molar-refractivity contribution in [1.29, 1.82) is 0 Å². The number of hydrogen-bond donors (Lipinski definition) is 0. The fourth-order valence-corrected chi connectivity index (χ4v) is 0.922. The molecule has 1 aliphatic carbocycles. The van der Waals surface area contributed by atoms with E-state index >= 15 is 0 Å². The van der Waals surface area contributed by atoms with Crippen LogP contribution in [0.1, 0.15) is 19.3 Å². The maximum atomic E-state index is 12.2. The molecule has 8 heavy (non-hydrogen) atoms. The monoisotopic (exact) mass is 119 g/mol. The highest BCUT2D eigenvalue weighted by Crippen LogP contribution is 2.44. The highest BCUT2D eigenvalue weighted by atomic mass is 19.3. The molecule has 47 valence electrons. The summed E-state index contributed by atoms with van der Waals surface area (Å²) < 4.78 is 24.3. The molecule has 1 unspecified atom stereocenters. The molecule has 1 aliphatic rings. The van der Waals surface area contributed by atoms with Crippen LogP contribution in [0.5, 0.6) is 0 Å². The predicted molar refractivity (Wildman–Crippen MR) is 27.6 cm³/mol. The molecule has 1 radical (unpaired) electrons. The molecule has 0 aliphatic heterocycles. The average molecular weight is 119 g/mol. The first-order chi connectivity index (χ1) is 3.67. The van der Waals surface area contributed by atoms with Crippen LogP contribution in [0.4, 0.5) is 8.78 Å². The summed E-state index contributed by atoms with van der Waals surface area (Å²) in [5, 5.41) is 0. The minimum absolute atomic E-state index is 0.0766.